The molecule has 4 heteroatoms. The van der Waals surface area contributed by atoms with Crippen LogP contribution in [0.2, 0.25) is 0 Å². The van der Waals surface area contributed by atoms with Crippen LogP contribution in [0.15, 0.2) is 42.5 Å². The lowest BCUT2D eigenvalue weighted by Crippen LogP contribution is -2.36. The van der Waals surface area contributed by atoms with Crippen LogP contribution in [0.3, 0.4) is 0 Å². The van der Waals surface area contributed by atoms with E-state index in [1.807, 2.05) is 36.1 Å². The molecule has 24 heavy (non-hydrogen) atoms. The number of fused-ring (bicyclic) bond motifs is 1. The quantitative estimate of drug-likeness (QED) is 0.852. The highest BCUT2D eigenvalue weighted by atomic mass is 16.5. The van der Waals surface area contributed by atoms with Gasteiger partial charge in [0, 0.05) is 36.6 Å². The number of benzene rings is 2. The molecule has 2 heterocycles. The fraction of sp³-hybridized carbons (Fsp3) is 0.350. The monoisotopic (exact) mass is 322 g/mol. The number of carbonyl (C=O) groups excluding carboxylic acids is 1. The summed E-state index contributed by atoms with van der Waals surface area (Å²) in [6, 6.07) is 14.3. The number of amides is 1. The molecule has 0 atom stereocenters. The fourth-order valence-corrected chi connectivity index (χ4v) is 3.56. The highest BCUT2D eigenvalue weighted by Gasteiger charge is 2.27. The summed E-state index contributed by atoms with van der Waals surface area (Å²) in [4.78, 5) is 17.3. The van der Waals surface area contributed by atoms with Gasteiger partial charge in [0.05, 0.1) is 13.2 Å². The van der Waals surface area contributed by atoms with Gasteiger partial charge >= 0.3 is 0 Å². The molecular formula is C20H22N2O2. The van der Waals surface area contributed by atoms with Crippen molar-refractivity contribution in [3.63, 3.8) is 0 Å². The van der Waals surface area contributed by atoms with Crippen molar-refractivity contribution in [2.24, 2.45) is 0 Å². The second kappa shape index (κ2) is 6.29. The minimum atomic E-state index is 0.103. The first kappa shape index (κ1) is 15.2. The predicted octanol–water partition coefficient (Wildman–Crippen LogP) is 3.03. The van der Waals surface area contributed by atoms with Crippen molar-refractivity contribution in [1.29, 1.82) is 0 Å². The molecule has 0 saturated carbocycles. The second-order valence-corrected chi connectivity index (χ2v) is 6.43. The van der Waals surface area contributed by atoms with Crippen molar-refractivity contribution in [3.05, 3.63) is 59.2 Å². The number of ether oxygens (including phenoxy) is 1. The van der Waals surface area contributed by atoms with Crippen LogP contribution in [0, 0.1) is 6.92 Å². The standard InChI is InChI=1S/C20H22N2O2/c1-15-4-2-3-5-18(15)20(23)22-9-8-16-6-7-17(14-19(16)22)21-10-12-24-13-11-21/h2-7,14H,8-13H2,1H3. The van der Waals surface area contributed by atoms with Crippen molar-refractivity contribution < 1.29 is 9.53 Å². The minimum absolute atomic E-state index is 0.103. The predicted molar refractivity (Wildman–Crippen MR) is 96.0 cm³/mol. The van der Waals surface area contributed by atoms with Gasteiger partial charge in [-0.15, -0.1) is 0 Å². The SMILES string of the molecule is Cc1ccccc1C(=O)N1CCc2ccc(N3CCOCC3)cc21. The molecule has 0 aliphatic carbocycles. The van der Waals surface area contributed by atoms with Crippen molar-refractivity contribution in [3.8, 4) is 0 Å². The molecule has 4 nitrogen and oxygen atoms in total. The molecule has 2 aliphatic rings. The Balaban J connectivity index is 1.65. The van der Waals surface area contributed by atoms with E-state index in [0.717, 1.165) is 56.1 Å². The van der Waals surface area contributed by atoms with Crippen LogP contribution in [0.5, 0.6) is 0 Å². The number of carbonyl (C=O) groups is 1. The molecule has 0 aromatic heterocycles. The van der Waals surface area contributed by atoms with E-state index in [2.05, 4.69) is 23.1 Å². The van der Waals surface area contributed by atoms with Gasteiger partial charge in [-0.05, 0) is 42.7 Å². The summed E-state index contributed by atoms with van der Waals surface area (Å²) < 4.78 is 5.44. The molecule has 2 aliphatic heterocycles. The Morgan fingerprint density at radius 3 is 2.62 bits per heavy atom. The molecule has 1 amide bonds. The summed E-state index contributed by atoms with van der Waals surface area (Å²) in [6.45, 7) is 6.10. The Bertz CT molecular complexity index is 766. The number of hydrogen-bond acceptors (Lipinski definition) is 3. The van der Waals surface area contributed by atoms with Gasteiger partial charge in [0.2, 0.25) is 0 Å². The van der Waals surface area contributed by atoms with Crippen LogP contribution in [-0.2, 0) is 11.2 Å². The summed E-state index contributed by atoms with van der Waals surface area (Å²) in [5.74, 6) is 0.103. The summed E-state index contributed by atoms with van der Waals surface area (Å²) in [6.07, 6.45) is 0.927. The maximum atomic E-state index is 13.0. The zero-order valence-electron chi connectivity index (χ0n) is 14.0. The van der Waals surface area contributed by atoms with Gasteiger partial charge in [-0.1, -0.05) is 24.3 Å². The number of nitrogens with zero attached hydrogens (tertiary/aromatic N) is 2. The molecule has 0 bridgehead atoms. The number of aryl methyl sites for hydroxylation is 1. The van der Waals surface area contributed by atoms with Crippen molar-refractivity contribution in [2.75, 3.05) is 42.6 Å². The lowest BCUT2D eigenvalue weighted by molar-refractivity contribution is 0.0988. The molecule has 1 saturated heterocycles. The van der Waals surface area contributed by atoms with Gasteiger partial charge in [-0.25, -0.2) is 0 Å². The number of anilines is 2. The largest absolute Gasteiger partial charge is 0.378 e. The molecular weight excluding hydrogens is 300 g/mol. The smallest absolute Gasteiger partial charge is 0.258 e. The van der Waals surface area contributed by atoms with Crippen LogP contribution in [-0.4, -0.2) is 38.8 Å². The summed E-state index contributed by atoms with van der Waals surface area (Å²) in [5, 5.41) is 0. The average Bonchev–Trinajstić information content (AvgIpc) is 3.05. The third-order valence-electron chi connectivity index (χ3n) is 4.96. The van der Waals surface area contributed by atoms with Crippen LogP contribution in [0.4, 0.5) is 11.4 Å². The first-order valence-corrected chi connectivity index (χ1v) is 8.57. The zero-order valence-corrected chi connectivity index (χ0v) is 14.0. The van der Waals surface area contributed by atoms with Crippen LogP contribution >= 0.6 is 0 Å². The van der Waals surface area contributed by atoms with Gasteiger partial charge in [0.1, 0.15) is 0 Å². The second-order valence-electron chi connectivity index (χ2n) is 6.43. The molecule has 4 rings (SSSR count). The number of rotatable bonds is 2. The molecule has 0 unspecified atom stereocenters. The molecule has 0 spiro atoms. The molecule has 2 aromatic carbocycles. The van der Waals surface area contributed by atoms with Gasteiger partial charge in [-0.2, -0.15) is 0 Å². The van der Waals surface area contributed by atoms with E-state index in [1.165, 1.54) is 11.3 Å². The lowest BCUT2D eigenvalue weighted by Gasteiger charge is -2.29. The fourth-order valence-electron chi connectivity index (χ4n) is 3.56. The Labute approximate surface area is 142 Å². The number of hydrogen-bond donors (Lipinski definition) is 0. The lowest BCUT2D eigenvalue weighted by atomic mass is 10.1. The maximum Gasteiger partial charge on any atom is 0.258 e. The minimum Gasteiger partial charge on any atom is -0.378 e. The third-order valence-corrected chi connectivity index (χ3v) is 4.96. The van der Waals surface area contributed by atoms with Gasteiger partial charge in [0.25, 0.3) is 5.91 Å². The number of morpholine rings is 1. The van der Waals surface area contributed by atoms with Gasteiger partial charge in [0.15, 0.2) is 0 Å². The van der Waals surface area contributed by atoms with Gasteiger partial charge in [-0.3, -0.25) is 4.79 Å². The van der Waals surface area contributed by atoms with E-state index < -0.39 is 0 Å². The van der Waals surface area contributed by atoms with E-state index in [-0.39, 0.29) is 5.91 Å². The van der Waals surface area contributed by atoms with Crippen LogP contribution in [0.1, 0.15) is 21.5 Å². The molecule has 124 valence electrons. The van der Waals surface area contributed by atoms with Crippen molar-refractivity contribution >= 4 is 17.3 Å². The Morgan fingerprint density at radius 1 is 1.04 bits per heavy atom. The van der Waals surface area contributed by atoms with E-state index in [9.17, 15) is 4.79 Å². The van der Waals surface area contributed by atoms with Crippen molar-refractivity contribution in [1.82, 2.24) is 0 Å². The van der Waals surface area contributed by atoms with Crippen LogP contribution in [0.25, 0.3) is 0 Å². The molecule has 2 aromatic rings. The van der Waals surface area contributed by atoms with Crippen molar-refractivity contribution in [2.45, 2.75) is 13.3 Å². The maximum absolute atomic E-state index is 13.0. The topological polar surface area (TPSA) is 32.8 Å². The highest BCUT2D eigenvalue weighted by molar-refractivity contribution is 6.08. The third kappa shape index (κ3) is 2.67. The first-order chi connectivity index (χ1) is 11.7. The summed E-state index contributed by atoms with van der Waals surface area (Å²) in [7, 11) is 0. The summed E-state index contributed by atoms with van der Waals surface area (Å²) in [5.41, 5.74) is 5.32. The highest BCUT2D eigenvalue weighted by Crippen LogP contribution is 2.33. The zero-order chi connectivity index (χ0) is 16.5. The molecule has 1 fully saturated rings. The van der Waals surface area contributed by atoms with Crippen LogP contribution < -0.4 is 9.80 Å². The average molecular weight is 322 g/mol. The van der Waals surface area contributed by atoms with E-state index in [0.29, 0.717) is 0 Å². The molecule has 0 radical (unpaired) electrons. The first-order valence-electron chi connectivity index (χ1n) is 8.57. The van der Waals surface area contributed by atoms with E-state index in [4.69, 9.17) is 4.74 Å². The molecule has 0 N–H and O–H groups in total. The normalized spacial score (nSPS) is 17.0. The Kier molecular flexibility index (Phi) is 3.98. The van der Waals surface area contributed by atoms with E-state index in [1.54, 1.807) is 0 Å². The van der Waals surface area contributed by atoms with Gasteiger partial charge < -0.3 is 14.5 Å². The summed E-state index contributed by atoms with van der Waals surface area (Å²) >= 11 is 0. The Morgan fingerprint density at radius 2 is 1.83 bits per heavy atom. The Hall–Kier alpha value is -2.33. The van der Waals surface area contributed by atoms with E-state index >= 15 is 0 Å².